The molecule has 3 heterocycles. The van der Waals surface area contributed by atoms with E-state index >= 15 is 0 Å². The van der Waals surface area contributed by atoms with E-state index in [4.69, 9.17) is 21.3 Å². The number of aromatic nitrogens is 3. The van der Waals surface area contributed by atoms with Gasteiger partial charge in [0.25, 0.3) is 0 Å². The Hall–Kier alpha value is -2.11. The first kappa shape index (κ1) is 16.1. The highest BCUT2D eigenvalue weighted by molar-refractivity contribution is 6.30. The fraction of sp³-hybridized carbons (Fsp3) is 0.400. The van der Waals surface area contributed by atoms with E-state index < -0.39 is 0 Å². The summed E-state index contributed by atoms with van der Waals surface area (Å²) in [5.74, 6) is 4.13. The summed E-state index contributed by atoms with van der Waals surface area (Å²) >= 11 is 6.01. The van der Waals surface area contributed by atoms with Gasteiger partial charge in [0.1, 0.15) is 11.6 Å². The van der Waals surface area contributed by atoms with E-state index in [-0.39, 0.29) is 0 Å². The number of pyridine rings is 1. The molecule has 3 aromatic rings. The molecule has 0 spiro atoms. The smallest absolute Gasteiger partial charge is 0.177 e. The van der Waals surface area contributed by atoms with Crippen molar-refractivity contribution in [3.63, 3.8) is 0 Å². The second kappa shape index (κ2) is 6.25. The lowest BCUT2D eigenvalue weighted by molar-refractivity contribution is 0.226. The Bertz CT molecular complexity index is 944. The molecule has 1 aliphatic heterocycles. The first-order chi connectivity index (χ1) is 12.7. The standard InChI is InChI=1S/C20H21ClN4O/c1-24-18-6-3-7-22-20(18)23-19(24)11-25-9-15-16(10-25)17(15)12-26-14-5-2-4-13(21)8-14/h2-8,15-17H,9-12H2,1H3/t15-,16+,17+. The number of piperidine rings is 1. The van der Waals surface area contributed by atoms with Gasteiger partial charge in [-0.25, -0.2) is 9.97 Å². The monoisotopic (exact) mass is 368 g/mol. The molecule has 6 heteroatoms. The molecule has 0 bridgehead atoms. The lowest BCUT2D eigenvalue weighted by Gasteiger charge is -2.19. The molecule has 0 N–H and O–H groups in total. The van der Waals surface area contributed by atoms with Crippen LogP contribution in [0.1, 0.15) is 5.82 Å². The minimum Gasteiger partial charge on any atom is -0.493 e. The van der Waals surface area contributed by atoms with Crippen LogP contribution in [-0.4, -0.2) is 39.1 Å². The zero-order chi connectivity index (χ0) is 17.7. The van der Waals surface area contributed by atoms with Gasteiger partial charge in [-0.15, -0.1) is 0 Å². The van der Waals surface area contributed by atoms with Gasteiger partial charge in [0, 0.05) is 37.3 Å². The van der Waals surface area contributed by atoms with Crippen molar-refractivity contribution in [2.24, 2.45) is 24.8 Å². The second-order valence-corrected chi connectivity index (χ2v) is 7.82. The molecular formula is C20H21ClN4O. The van der Waals surface area contributed by atoms with E-state index in [0.717, 1.165) is 65.8 Å². The molecule has 1 saturated carbocycles. The highest BCUT2D eigenvalue weighted by Crippen LogP contribution is 2.52. The van der Waals surface area contributed by atoms with Gasteiger partial charge < -0.3 is 9.30 Å². The van der Waals surface area contributed by atoms with Crippen LogP contribution in [0.4, 0.5) is 0 Å². The first-order valence-electron chi connectivity index (χ1n) is 9.06. The third-order valence-corrected chi connectivity index (χ3v) is 6.04. The number of halogens is 1. The van der Waals surface area contributed by atoms with E-state index in [1.165, 1.54) is 0 Å². The third-order valence-electron chi connectivity index (χ3n) is 5.80. The number of benzene rings is 1. The number of ether oxygens (including phenoxy) is 1. The van der Waals surface area contributed by atoms with Gasteiger partial charge in [-0.1, -0.05) is 17.7 Å². The average molecular weight is 369 g/mol. The predicted molar refractivity (Wildman–Crippen MR) is 101 cm³/mol. The highest BCUT2D eigenvalue weighted by atomic mass is 35.5. The molecule has 134 valence electrons. The van der Waals surface area contributed by atoms with Crippen LogP contribution in [-0.2, 0) is 13.6 Å². The summed E-state index contributed by atoms with van der Waals surface area (Å²) < 4.78 is 8.09. The van der Waals surface area contributed by atoms with Crippen LogP contribution >= 0.6 is 11.6 Å². The van der Waals surface area contributed by atoms with Crippen molar-refractivity contribution < 1.29 is 4.74 Å². The third kappa shape index (κ3) is 2.85. The van der Waals surface area contributed by atoms with Gasteiger partial charge in [-0.3, -0.25) is 4.90 Å². The minimum atomic E-state index is 0.673. The molecule has 5 rings (SSSR count). The number of likely N-dealkylation sites (tertiary alicyclic amines) is 1. The molecule has 0 amide bonds. The van der Waals surface area contributed by atoms with Crippen molar-refractivity contribution >= 4 is 22.8 Å². The van der Waals surface area contributed by atoms with Gasteiger partial charge in [0.05, 0.1) is 18.7 Å². The predicted octanol–water partition coefficient (Wildman–Crippen LogP) is 3.38. The van der Waals surface area contributed by atoms with Crippen LogP contribution in [0.15, 0.2) is 42.6 Å². The summed E-state index contributed by atoms with van der Waals surface area (Å²) in [5, 5.41) is 0.724. The number of hydrogen-bond acceptors (Lipinski definition) is 4. The molecule has 2 fully saturated rings. The Morgan fingerprint density at radius 3 is 2.81 bits per heavy atom. The van der Waals surface area contributed by atoms with Crippen molar-refractivity contribution in [2.45, 2.75) is 6.54 Å². The largest absolute Gasteiger partial charge is 0.493 e. The summed E-state index contributed by atoms with van der Waals surface area (Å²) in [5.41, 5.74) is 1.93. The molecule has 0 radical (unpaired) electrons. The summed E-state index contributed by atoms with van der Waals surface area (Å²) in [6, 6.07) is 11.7. The van der Waals surface area contributed by atoms with E-state index in [9.17, 15) is 0 Å². The molecular weight excluding hydrogens is 348 g/mol. The number of rotatable bonds is 5. The highest BCUT2D eigenvalue weighted by Gasteiger charge is 2.55. The van der Waals surface area contributed by atoms with Crippen molar-refractivity contribution in [1.29, 1.82) is 0 Å². The van der Waals surface area contributed by atoms with Crippen LogP contribution < -0.4 is 4.74 Å². The van der Waals surface area contributed by atoms with Crippen molar-refractivity contribution in [1.82, 2.24) is 19.4 Å². The zero-order valence-electron chi connectivity index (χ0n) is 14.7. The Kier molecular flexibility index (Phi) is 3.87. The van der Waals surface area contributed by atoms with E-state index in [1.54, 1.807) is 6.20 Å². The Morgan fingerprint density at radius 1 is 1.19 bits per heavy atom. The number of hydrogen-bond donors (Lipinski definition) is 0. The Morgan fingerprint density at radius 2 is 2.04 bits per heavy atom. The maximum Gasteiger partial charge on any atom is 0.177 e. The average Bonchev–Trinajstić information content (AvgIpc) is 2.96. The lowest BCUT2D eigenvalue weighted by Crippen LogP contribution is -2.26. The molecule has 2 aliphatic rings. The molecule has 1 aromatic carbocycles. The molecule has 3 atom stereocenters. The van der Waals surface area contributed by atoms with Crippen LogP contribution in [0.25, 0.3) is 11.2 Å². The van der Waals surface area contributed by atoms with Gasteiger partial charge in [0.2, 0.25) is 0 Å². The molecule has 1 saturated heterocycles. The molecule has 2 aromatic heterocycles. The van der Waals surface area contributed by atoms with Crippen molar-refractivity contribution in [2.75, 3.05) is 19.7 Å². The van der Waals surface area contributed by atoms with Crippen LogP contribution in [0, 0.1) is 17.8 Å². The second-order valence-electron chi connectivity index (χ2n) is 7.39. The van der Waals surface area contributed by atoms with Gasteiger partial charge in [-0.2, -0.15) is 0 Å². The molecule has 5 nitrogen and oxygen atoms in total. The van der Waals surface area contributed by atoms with Crippen molar-refractivity contribution in [3.8, 4) is 5.75 Å². The summed E-state index contributed by atoms with van der Waals surface area (Å²) in [7, 11) is 2.07. The number of nitrogens with zero attached hydrogens (tertiary/aromatic N) is 4. The van der Waals surface area contributed by atoms with E-state index in [0.29, 0.717) is 5.92 Å². The van der Waals surface area contributed by atoms with Crippen LogP contribution in [0.3, 0.4) is 0 Å². The van der Waals surface area contributed by atoms with Gasteiger partial charge in [0.15, 0.2) is 5.65 Å². The summed E-state index contributed by atoms with van der Waals surface area (Å²) in [6.45, 7) is 3.94. The Balaban J connectivity index is 1.17. The van der Waals surface area contributed by atoms with E-state index in [2.05, 4.69) is 27.6 Å². The van der Waals surface area contributed by atoms with Crippen LogP contribution in [0.2, 0.25) is 5.02 Å². The fourth-order valence-corrected chi connectivity index (χ4v) is 4.46. The molecule has 1 aliphatic carbocycles. The van der Waals surface area contributed by atoms with Crippen molar-refractivity contribution in [3.05, 3.63) is 53.4 Å². The fourth-order valence-electron chi connectivity index (χ4n) is 4.28. The maximum absolute atomic E-state index is 6.01. The quantitative estimate of drug-likeness (QED) is 0.692. The lowest BCUT2D eigenvalue weighted by atomic mass is 10.2. The molecule has 0 unspecified atom stereocenters. The zero-order valence-corrected chi connectivity index (χ0v) is 15.4. The Labute approximate surface area is 157 Å². The summed E-state index contributed by atoms with van der Waals surface area (Å²) in [6.07, 6.45) is 1.80. The maximum atomic E-state index is 6.01. The SMILES string of the molecule is Cn1c(CN2C[C@@H]3[C@@H](COc4cccc(Cl)c4)[C@@H]3C2)nc2ncccc21. The van der Waals surface area contributed by atoms with Gasteiger partial charge >= 0.3 is 0 Å². The summed E-state index contributed by atoms with van der Waals surface area (Å²) in [4.78, 5) is 11.6. The normalized spacial score (nSPS) is 24.8. The van der Waals surface area contributed by atoms with Gasteiger partial charge in [-0.05, 0) is 42.2 Å². The molecule has 26 heavy (non-hydrogen) atoms. The first-order valence-corrected chi connectivity index (χ1v) is 9.44. The van der Waals surface area contributed by atoms with E-state index in [1.807, 2.05) is 30.3 Å². The number of aryl methyl sites for hydroxylation is 1. The number of fused-ring (bicyclic) bond motifs is 2. The number of imidazole rings is 1. The minimum absolute atomic E-state index is 0.673. The van der Waals surface area contributed by atoms with Crippen LogP contribution in [0.5, 0.6) is 5.75 Å². The topological polar surface area (TPSA) is 43.2 Å².